The lowest BCUT2D eigenvalue weighted by Gasteiger charge is -2.27. The van der Waals surface area contributed by atoms with E-state index in [1.54, 1.807) is 0 Å². The highest BCUT2D eigenvalue weighted by atomic mass is 19.1. The number of nitrogens with zero attached hydrogens (tertiary/aromatic N) is 1. The number of halogens is 2. The lowest BCUT2D eigenvalue weighted by Crippen LogP contribution is -2.24. The molecule has 0 atom stereocenters. The number of hydrogen-bond donors (Lipinski definition) is 1. The van der Waals surface area contributed by atoms with Crippen molar-refractivity contribution in [2.45, 2.75) is 19.4 Å². The Balaban J connectivity index is 1.77. The molecule has 0 fully saturated rings. The lowest BCUT2D eigenvalue weighted by atomic mass is 9.99. The van der Waals surface area contributed by atoms with E-state index in [0.717, 1.165) is 24.9 Å². The number of anilines is 2. The zero-order valence-corrected chi connectivity index (χ0v) is 12.0. The summed E-state index contributed by atoms with van der Waals surface area (Å²) in [6.45, 7) is 1.49. The van der Waals surface area contributed by atoms with E-state index >= 15 is 0 Å². The quantitative estimate of drug-likeness (QED) is 0.919. The maximum Gasteiger partial charge on any atom is 0.149 e. The first kappa shape index (κ1) is 13.9. The molecular formula is C17H18F2N2. The van der Waals surface area contributed by atoms with E-state index < -0.39 is 11.6 Å². The van der Waals surface area contributed by atoms with Crippen LogP contribution in [-0.2, 0) is 13.0 Å². The second-order valence-electron chi connectivity index (χ2n) is 5.44. The van der Waals surface area contributed by atoms with Crippen molar-refractivity contribution in [1.29, 1.82) is 0 Å². The minimum absolute atomic E-state index is 0.0626. The molecule has 0 bridgehead atoms. The maximum atomic E-state index is 13.6. The summed E-state index contributed by atoms with van der Waals surface area (Å²) >= 11 is 0. The van der Waals surface area contributed by atoms with Crippen molar-refractivity contribution in [3.63, 3.8) is 0 Å². The van der Waals surface area contributed by atoms with Gasteiger partial charge in [0, 0.05) is 25.8 Å². The SMILES string of the molecule is CN1CCCc2cc(CNc3c(F)cccc3F)ccc21. The van der Waals surface area contributed by atoms with E-state index in [-0.39, 0.29) is 5.69 Å². The average molecular weight is 288 g/mol. The van der Waals surface area contributed by atoms with Crippen molar-refractivity contribution in [2.24, 2.45) is 0 Å². The molecule has 0 saturated heterocycles. The van der Waals surface area contributed by atoms with Crippen LogP contribution in [0, 0.1) is 11.6 Å². The van der Waals surface area contributed by atoms with Crippen molar-refractivity contribution in [1.82, 2.24) is 0 Å². The van der Waals surface area contributed by atoms with Crippen LogP contribution in [0.3, 0.4) is 0 Å². The van der Waals surface area contributed by atoms with Gasteiger partial charge in [-0.3, -0.25) is 0 Å². The van der Waals surface area contributed by atoms with Crippen LogP contribution in [0.4, 0.5) is 20.2 Å². The van der Waals surface area contributed by atoms with Crippen LogP contribution in [0.5, 0.6) is 0 Å². The van der Waals surface area contributed by atoms with E-state index in [1.807, 2.05) is 6.07 Å². The van der Waals surface area contributed by atoms with Gasteiger partial charge in [-0.15, -0.1) is 0 Å². The minimum Gasteiger partial charge on any atom is -0.376 e. The summed E-state index contributed by atoms with van der Waals surface area (Å²) in [6, 6.07) is 10.1. The molecule has 3 rings (SSSR count). The Hall–Kier alpha value is -2.10. The molecule has 0 radical (unpaired) electrons. The van der Waals surface area contributed by atoms with Crippen LogP contribution in [0.25, 0.3) is 0 Å². The van der Waals surface area contributed by atoms with Gasteiger partial charge in [0.15, 0.2) is 0 Å². The molecule has 21 heavy (non-hydrogen) atoms. The van der Waals surface area contributed by atoms with Gasteiger partial charge in [0.05, 0.1) is 0 Å². The Morgan fingerprint density at radius 3 is 2.67 bits per heavy atom. The fourth-order valence-electron chi connectivity index (χ4n) is 2.81. The van der Waals surface area contributed by atoms with Gasteiger partial charge in [-0.25, -0.2) is 8.78 Å². The van der Waals surface area contributed by atoms with Crippen molar-refractivity contribution in [3.8, 4) is 0 Å². The summed E-state index contributed by atoms with van der Waals surface area (Å²) in [5.41, 5.74) is 3.53. The first-order valence-electron chi connectivity index (χ1n) is 7.16. The smallest absolute Gasteiger partial charge is 0.149 e. The molecule has 0 spiro atoms. The Morgan fingerprint density at radius 2 is 1.90 bits per heavy atom. The van der Waals surface area contributed by atoms with E-state index in [0.29, 0.717) is 6.54 Å². The lowest BCUT2D eigenvalue weighted by molar-refractivity contribution is 0.588. The Labute approximate surface area is 123 Å². The molecule has 1 N–H and O–H groups in total. The zero-order valence-electron chi connectivity index (χ0n) is 12.0. The van der Waals surface area contributed by atoms with Crippen molar-refractivity contribution >= 4 is 11.4 Å². The number of para-hydroxylation sites is 1. The fourth-order valence-corrected chi connectivity index (χ4v) is 2.81. The van der Waals surface area contributed by atoms with E-state index in [1.165, 1.54) is 29.4 Å². The molecule has 0 saturated carbocycles. The Bertz CT molecular complexity index is 635. The number of nitrogens with one attached hydrogen (secondary N) is 1. The number of rotatable bonds is 3. The largest absolute Gasteiger partial charge is 0.376 e. The molecule has 0 amide bonds. The van der Waals surface area contributed by atoms with Gasteiger partial charge in [0.1, 0.15) is 17.3 Å². The van der Waals surface area contributed by atoms with Crippen LogP contribution >= 0.6 is 0 Å². The van der Waals surface area contributed by atoms with Crippen LogP contribution in [0.1, 0.15) is 17.5 Å². The highest BCUT2D eigenvalue weighted by Gasteiger charge is 2.14. The second kappa shape index (κ2) is 5.72. The summed E-state index contributed by atoms with van der Waals surface area (Å²) < 4.78 is 27.1. The molecular weight excluding hydrogens is 270 g/mol. The second-order valence-corrected chi connectivity index (χ2v) is 5.44. The summed E-state index contributed by atoms with van der Waals surface area (Å²) in [5, 5.41) is 2.85. The van der Waals surface area contributed by atoms with Gasteiger partial charge in [-0.1, -0.05) is 18.2 Å². The Morgan fingerprint density at radius 1 is 1.14 bits per heavy atom. The first-order chi connectivity index (χ1) is 10.1. The summed E-state index contributed by atoms with van der Waals surface area (Å²) in [5.74, 6) is -1.12. The summed E-state index contributed by atoms with van der Waals surface area (Å²) in [6.07, 6.45) is 2.20. The van der Waals surface area contributed by atoms with Crippen LogP contribution in [0.15, 0.2) is 36.4 Å². The van der Waals surface area contributed by atoms with Gasteiger partial charge in [0.2, 0.25) is 0 Å². The monoisotopic (exact) mass is 288 g/mol. The molecule has 4 heteroatoms. The summed E-state index contributed by atoms with van der Waals surface area (Å²) in [4.78, 5) is 2.24. The molecule has 0 unspecified atom stereocenters. The molecule has 0 aliphatic carbocycles. The standard InChI is InChI=1S/C17H18F2N2/c1-21-9-3-4-13-10-12(7-8-16(13)21)11-20-17-14(18)5-2-6-15(17)19/h2,5-8,10,20H,3-4,9,11H2,1H3. The third kappa shape index (κ3) is 2.84. The average Bonchev–Trinajstić information content (AvgIpc) is 2.47. The van der Waals surface area contributed by atoms with Gasteiger partial charge in [-0.05, 0) is 42.2 Å². The van der Waals surface area contributed by atoms with Crippen molar-refractivity contribution in [2.75, 3.05) is 23.8 Å². The van der Waals surface area contributed by atoms with E-state index in [4.69, 9.17) is 0 Å². The van der Waals surface area contributed by atoms with Gasteiger partial charge >= 0.3 is 0 Å². The maximum absolute atomic E-state index is 13.6. The minimum atomic E-state index is -0.562. The fraction of sp³-hybridized carbons (Fsp3) is 0.294. The van der Waals surface area contributed by atoms with Gasteiger partial charge < -0.3 is 10.2 Å². The number of benzene rings is 2. The molecule has 1 aliphatic heterocycles. The molecule has 110 valence electrons. The molecule has 1 heterocycles. The topological polar surface area (TPSA) is 15.3 Å². The summed E-state index contributed by atoms with van der Waals surface area (Å²) in [7, 11) is 2.09. The zero-order chi connectivity index (χ0) is 14.8. The van der Waals surface area contributed by atoms with Crippen LogP contribution in [-0.4, -0.2) is 13.6 Å². The van der Waals surface area contributed by atoms with E-state index in [2.05, 4.69) is 29.4 Å². The molecule has 0 aromatic heterocycles. The van der Waals surface area contributed by atoms with Gasteiger partial charge in [-0.2, -0.15) is 0 Å². The predicted octanol–water partition coefficient (Wildman–Crippen LogP) is 3.96. The molecule has 1 aliphatic rings. The number of hydrogen-bond acceptors (Lipinski definition) is 2. The van der Waals surface area contributed by atoms with E-state index in [9.17, 15) is 8.78 Å². The highest BCUT2D eigenvalue weighted by Crippen LogP contribution is 2.27. The Kier molecular flexibility index (Phi) is 3.78. The van der Waals surface area contributed by atoms with Crippen molar-refractivity contribution in [3.05, 3.63) is 59.2 Å². The van der Waals surface area contributed by atoms with Gasteiger partial charge in [0.25, 0.3) is 0 Å². The van der Waals surface area contributed by atoms with Crippen LogP contribution in [0.2, 0.25) is 0 Å². The molecule has 2 aromatic rings. The third-order valence-corrected chi connectivity index (χ3v) is 3.93. The number of fused-ring (bicyclic) bond motifs is 1. The molecule has 2 aromatic carbocycles. The van der Waals surface area contributed by atoms with Crippen LogP contribution < -0.4 is 10.2 Å². The highest BCUT2D eigenvalue weighted by molar-refractivity contribution is 5.56. The predicted molar refractivity (Wildman–Crippen MR) is 81.7 cm³/mol. The third-order valence-electron chi connectivity index (χ3n) is 3.93. The first-order valence-corrected chi connectivity index (χ1v) is 7.16. The normalized spacial score (nSPS) is 14.0. The van der Waals surface area contributed by atoms with Crippen molar-refractivity contribution < 1.29 is 8.78 Å². The number of aryl methyl sites for hydroxylation is 1. The molecule has 2 nitrogen and oxygen atoms in total.